The summed E-state index contributed by atoms with van der Waals surface area (Å²) in [6, 6.07) is 0. The normalized spacial score (nSPS) is 13.0. The van der Waals surface area contributed by atoms with Gasteiger partial charge >= 0.3 is 11.9 Å². The topological polar surface area (TPSA) is 65.1 Å². The van der Waals surface area contributed by atoms with Gasteiger partial charge in [0.25, 0.3) is 0 Å². The smallest absolute Gasteiger partial charge is 0.305 e. The molecule has 0 amide bonds. The summed E-state index contributed by atoms with van der Waals surface area (Å²) in [5.74, 6) is 0.956. The third-order valence-electron chi connectivity index (χ3n) is 10.2. The van der Waals surface area contributed by atoms with Crippen molar-refractivity contribution in [2.24, 2.45) is 11.8 Å². The van der Waals surface area contributed by atoms with Crippen molar-refractivity contribution < 1.29 is 23.8 Å². The van der Waals surface area contributed by atoms with Crippen molar-refractivity contribution in [1.82, 2.24) is 4.90 Å². The number of allylic oxidation sites excluding steroid dienone is 1. The van der Waals surface area contributed by atoms with Crippen LogP contribution in [0, 0.1) is 11.8 Å². The number of carbonyl (C=O) groups excluding carboxylic acids is 2. The van der Waals surface area contributed by atoms with E-state index >= 15 is 0 Å². The summed E-state index contributed by atoms with van der Waals surface area (Å²) in [6.45, 7) is 13.3. The fourth-order valence-electron chi connectivity index (χ4n) is 6.63. The lowest BCUT2D eigenvalue weighted by Crippen LogP contribution is -2.16. The number of nitrogens with zero attached hydrogens (tertiary/aromatic N) is 1. The number of ether oxygens (including phenoxy) is 3. The zero-order valence-electron chi connectivity index (χ0n) is 35.1. The second-order valence-corrected chi connectivity index (χ2v) is 15.7. The minimum Gasteiger partial charge on any atom is -0.466 e. The molecule has 0 N–H and O–H groups in total. The first-order valence-corrected chi connectivity index (χ1v) is 22.0. The number of esters is 2. The average Bonchev–Trinajstić information content (AvgIpc) is 3.12. The standard InChI is InChI=1S/C46H85NO5/c1-7-10-29-42(4)36-40-51-45(48)34-25-21-17-13-15-19-23-32-44(50-39-28-27-38-47(5)6)33-24-20-16-14-18-22-26-35-46(49)52-41-37-43(30-11-8-2)31-12-9-3/h30,42-44H,2,7,9-10,12-29,31-41H2,1,3-6H3. The van der Waals surface area contributed by atoms with Gasteiger partial charge in [-0.25, -0.2) is 0 Å². The first-order chi connectivity index (χ1) is 25.3. The van der Waals surface area contributed by atoms with Crippen molar-refractivity contribution in [3.05, 3.63) is 24.1 Å². The van der Waals surface area contributed by atoms with E-state index in [2.05, 4.69) is 57.8 Å². The van der Waals surface area contributed by atoms with Gasteiger partial charge in [0, 0.05) is 19.4 Å². The molecule has 0 saturated heterocycles. The Hall–Kier alpha value is -1.84. The Morgan fingerprint density at radius 2 is 1.10 bits per heavy atom. The average molecular weight is 732 g/mol. The summed E-state index contributed by atoms with van der Waals surface area (Å²) in [6.07, 6.45) is 33.8. The molecule has 6 heteroatoms. The second kappa shape index (κ2) is 38.9. The minimum atomic E-state index is -0.0578. The second-order valence-electron chi connectivity index (χ2n) is 15.7. The molecule has 3 atom stereocenters. The molecule has 0 aliphatic carbocycles. The molecule has 304 valence electrons. The maximum absolute atomic E-state index is 12.2. The maximum Gasteiger partial charge on any atom is 0.305 e. The molecule has 0 aromatic heterocycles. The molecule has 52 heavy (non-hydrogen) atoms. The van der Waals surface area contributed by atoms with E-state index in [1.54, 1.807) is 0 Å². The molecule has 3 unspecified atom stereocenters. The zero-order chi connectivity index (χ0) is 38.3. The van der Waals surface area contributed by atoms with Crippen LogP contribution in [0.2, 0.25) is 0 Å². The molecule has 0 spiro atoms. The van der Waals surface area contributed by atoms with Crippen LogP contribution in [0.1, 0.15) is 201 Å². The highest BCUT2D eigenvalue weighted by molar-refractivity contribution is 5.69. The summed E-state index contributed by atoms with van der Waals surface area (Å²) in [5, 5.41) is 0. The molecule has 6 nitrogen and oxygen atoms in total. The predicted molar refractivity (Wildman–Crippen MR) is 221 cm³/mol. The van der Waals surface area contributed by atoms with E-state index in [1.807, 2.05) is 6.08 Å². The van der Waals surface area contributed by atoms with Crippen LogP contribution in [-0.2, 0) is 23.8 Å². The molecule has 0 rings (SSSR count). The fourth-order valence-corrected chi connectivity index (χ4v) is 6.63. The van der Waals surface area contributed by atoms with Gasteiger partial charge in [0.15, 0.2) is 0 Å². The number of hydrogen-bond acceptors (Lipinski definition) is 6. The SMILES string of the molecule is C=C=C=CC(CCCC)CCOC(=O)CCCCCCCCCC(CCCCCCCCCC(=O)OCCC(C)CCCC)OCCCCN(C)C. The monoisotopic (exact) mass is 732 g/mol. The van der Waals surface area contributed by atoms with E-state index < -0.39 is 0 Å². The minimum absolute atomic E-state index is 0.0151. The highest BCUT2D eigenvalue weighted by atomic mass is 16.5. The van der Waals surface area contributed by atoms with Crippen molar-refractivity contribution in [2.75, 3.05) is 40.5 Å². The summed E-state index contributed by atoms with van der Waals surface area (Å²) in [7, 11) is 4.27. The largest absolute Gasteiger partial charge is 0.466 e. The Bertz CT molecular complexity index is 891. The molecule has 0 heterocycles. The number of rotatable bonds is 39. The lowest BCUT2D eigenvalue weighted by atomic mass is 9.99. The van der Waals surface area contributed by atoms with Gasteiger partial charge < -0.3 is 19.1 Å². The zero-order valence-corrected chi connectivity index (χ0v) is 35.1. The van der Waals surface area contributed by atoms with Gasteiger partial charge in [0.1, 0.15) is 0 Å². The Kier molecular flexibility index (Phi) is 37.5. The van der Waals surface area contributed by atoms with Crippen LogP contribution in [0.3, 0.4) is 0 Å². The molecule has 0 aromatic rings. The van der Waals surface area contributed by atoms with Crippen molar-refractivity contribution in [1.29, 1.82) is 0 Å². The summed E-state index contributed by atoms with van der Waals surface area (Å²) in [4.78, 5) is 26.5. The van der Waals surface area contributed by atoms with Crippen LogP contribution in [-0.4, -0.2) is 63.4 Å². The first kappa shape index (κ1) is 50.2. The van der Waals surface area contributed by atoms with Crippen LogP contribution >= 0.6 is 0 Å². The van der Waals surface area contributed by atoms with Crippen LogP contribution in [0.5, 0.6) is 0 Å². The quantitative estimate of drug-likeness (QED) is 0.0356. The summed E-state index contributed by atoms with van der Waals surface area (Å²) in [5.41, 5.74) is 5.66. The van der Waals surface area contributed by atoms with E-state index in [4.69, 9.17) is 14.2 Å². The molecule has 0 saturated carbocycles. The lowest BCUT2D eigenvalue weighted by Gasteiger charge is -2.18. The van der Waals surface area contributed by atoms with Crippen LogP contribution < -0.4 is 0 Å². The van der Waals surface area contributed by atoms with Gasteiger partial charge in [-0.3, -0.25) is 9.59 Å². The van der Waals surface area contributed by atoms with Crippen molar-refractivity contribution in [2.45, 2.75) is 207 Å². The third-order valence-corrected chi connectivity index (χ3v) is 10.2. The van der Waals surface area contributed by atoms with E-state index in [0.29, 0.717) is 44.0 Å². The Morgan fingerprint density at radius 1 is 0.596 bits per heavy atom. The molecule has 0 radical (unpaired) electrons. The van der Waals surface area contributed by atoms with Crippen LogP contribution in [0.25, 0.3) is 0 Å². The predicted octanol–water partition coefficient (Wildman–Crippen LogP) is 12.7. The van der Waals surface area contributed by atoms with E-state index in [0.717, 1.165) is 64.5 Å². The maximum atomic E-state index is 12.2. The van der Waals surface area contributed by atoms with Gasteiger partial charge in [-0.05, 0) is 103 Å². The van der Waals surface area contributed by atoms with Gasteiger partial charge in [-0.1, -0.05) is 141 Å². The van der Waals surface area contributed by atoms with E-state index in [9.17, 15) is 9.59 Å². The lowest BCUT2D eigenvalue weighted by molar-refractivity contribution is -0.145. The molecule has 0 aliphatic rings. The number of carbonyl (C=O) groups is 2. The fraction of sp³-hybridized carbons (Fsp3) is 0.870. The third kappa shape index (κ3) is 36.5. The Labute approximate surface area is 323 Å². The first-order valence-electron chi connectivity index (χ1n) is 22.0. The van der Waals surface area contributed by atoms with Gasteiger partial charge in [0.2, 0.25) is 0 Å². The highest BCUT2D eigenvalue weighted by Crippen LogP contribution is 2.19. The number of hydrogen-bond donors (Lipinski definition) is 0. The molecular weight excluding hydrogens is 647 g/mol. The molecule has 0 aromatic carbocycles. The summed E-state index contributed by atoms with van der Waals surface area (Å²) >= 11 is 0. The Balaban J connectivity index is 4.03. The van der Waals surface area contributed by atoms with E-state index in [1.165, 1.54) is 116 Å². The molecule has 0 bridgehead atoms. The highest BCUT2D eigenvalue weighted by Gasteiger charge is 2.11. The molecular formula is C46H85NO5. The molecule has 0 fully saturated rings. The van der Waals surface area contributed by atoms with Crippen molar-refractivity contribution in [3.63, 3.8) is 0 Å². The van der Waals surface area contributed by atoms with Crippen molar-refractivity contribution in [3.8, 4) is 0 Å². The van der Waals surface area contributed by atoms with Gasteiger partial charge in [-0.15, -0.1) is 0 Å². The Morgan fingerprint density at radius 3 is 1.62 bits per heavy atom. The van der Waals surface area contributed by atoms with Gasteiger partial charge in [-0.2, -0.15) is 0 Å². The van der Waals surface area contributed by atoms with Crippen molar-refractivity contribution >= 4 is 11.9 Å². The molecule has 0 aliphatic heterocycles. The summed E-state index contributed by atoms with van der Waals surface area (Å²) < 4.78 is 17.4. The van der Waals surface area contributed by atoms with Gasteiger partial charge in [0.05, 0.1) is 19.3 Å². The van der Waals surface area contributed by atoms with Crippen LogP contribution in [0.15, 0.2) is 24.1 Å². The number of unbranched alkanes of at least 4 members (excludes halogenated alkanes) is 15. The van der Waals surface area contributed by atoms with Crippen LogP contribution in [0.4, 0.5) is 0 Å². The van der Waals surface area contributed by atoms with E-state index in [-0.39, 0.29) is 11.9 Å².